The molecule has 0 radical (unpaired) electrons. The molecule has 0 saturated heterocycles. The average molecular weight is 750 g/mol. The van der Waals surface area contributed by atoms with Gasteiger partial charge in [0.05, 0.1) is 11.6 Å². The second-order valence-electron chi connectivity index (χ2n) is 11.6. The molecule has 1 N–H and O–H groups in total. The number of halogens is 11. The summed E-state index contributed by atoms with van der Waals surface area (Å²) in [5.74, 6) is -19.1. The highest BCUT2D eigenvalue weighted by Crippen LogP contribution is 2.55. The lowest BCUT2D eigenvalue weighted by molar-refractivity contribution is -0.382. The number of benzene rings is 3. The van der Waals surface area contributed by atoms with E-state index in [1.807, 2.05) is 0 Å². The van der Waals surface area contributed by atoms with E-state index in [0.717, 1.165) is 30.3 Å². The highest BCUT2D eigenvalue weighted by molar-refractivity contribution is 7.88. The maximum absolute atomic E-state index is 14.1. The Morgan fingerprint density at radius 3 is 1.68 bits per heavy atom. The van der Waals surface area contributed by atoms with Crippen LogP contribution in [0, 0.1) is 11.6 Å². The van der Waals surface area contributed by atoms with Crippen molar-refractivity contribution in [1.82, 2.24) is 5.32 Å². The maximum atomic E-state index is 14.1. The van der Waals surface area contributed by atoms with E-state index in [9.17, 15) is 66.3 Å². The largest absolute Gasteiger partial charge is 0.460 e. The Kier molecular flexibility index (Phi) is 11.3. The minimum Gasteiger partial charge on any atom is -0.444 e. The van der Waals surface area contributed by atoms with Gasteiger partial charge in [0, 0.05) is 6.42 Å². The molecule has 0 spiro atoms. The van der Waals surface area contributed by atoms with Crippen LogP contribution in [-0.2, 0) is 14.9 Å². The molecule has 0 aromatic heterocycles. The average Bonchev–Trinajstić information content (AvgIpc) is 2.97. The number of amides is 1. The Bertz CT molecular complexity index is 1790. The van der Waals surface area contributed by atoms with Gasteiger partial charge in [-0.05, 0) is 68.1 Å². The lowest BCUT2D eigenvalue weighted by Crippen LogP contribution is -2.63. The molecule has 274 valence electrons. The van der Waals surface area contributed by atoms with Crippen LogP contribution in [-0.4, -0.2) is 49.2 Å². The molecule has 0 aliphatic rings. The van der Waals surface area contributed by atoms with Crippen LogP contribution >= 0.6 is 0 Å². The zero-order valence-corrected chi connectivity index (χ0v) is 26.7. The van der Waals surface area contributed by atoms with E-state index in [-0.39, 0.29) is 12.0 Å². The van der Waals surface area contributed by atoms with E-state index in [2.05, 4.69) is 9.50 Å². The summed E-state index contributed by atoms with van der Waals surface area (Å²) < 4.78 is 180. The fourth-order valence-corrected chi connectivity index (χ4v) is 5.16. The smallest absolute Gasteiger partial charge is 0.444 e. The van der Waals surface area contributed by atoms with E-state index in [4.69, 9.17) is 4.74 Å². The Labute approximate surface area is 277 Å². The van der Waals surface area contributed by atoms with Gasteiger partial charge in [-0.1, -0.05) is 42.5 Å². The van der Waals surface area contributed by atoms with Gasteiger partial charge in [0.25, 0.3) is 0 Å². The standard InChI is InChI=1S/C31H26F11NO6S/c1-27(2,3)48-26(45)43-23(15-16-24(44)25-21(32)5-4-6-22(25)33)19-9-7-17(8-10-19)18-11-13-20(14-12-18)49-50(46,47)31(41,42)29(36,37)28(34,35)30(38,39)40/h4-14,23H,15-16H2,1-3H3,(H,43,45). The lowest BCUT2D eigenvalue weighted by Gasteiger charge is -2.32. The van der Waals surface area contributed by atoms with Crippen molar-refractivity contribution >= 4 is 22.0 Å². The van der Waals surface area contributed by atoms with Gasteiger partial charge in [-0.2, -0.15) is 47.9 Å². The normalized spacial score (nSPS) is 13.8. The number of hydrogen-bond acceptors (Lipinski definition) is 6. The van der Waals surface area contributed by atoms with Gasteiger partial charge in [-0.25, -0.2) is 13.6 Å². The Hall–Kier alpha value is -4.42. The highest BCUT2D eigenvalue weighted by Gasteiger charge is 2.86. The fraction of sp³-hybridized carbons (Fsp3) is 0.355. The van der Waals surface area contributed by atoms with Crippen molar-refractivity contribution in [3.63, 3.8) is 0 Å². The van der Waals surface area contributed by atoms with Crippen molar-refractivity contribution in [2.24, 2.45) is 0 Å². The van der Waals surface area contributed by atoms with Gasteiger partial charge in [0.1, 0.15) is 23.0 Å². The molecule has 3 rings (SSSR count). The van der Waals surface area contributed by atoms with E-state index in [1.54, 1.807) is 20.8 Å². The summed E-state index contributed by atoms with van der Waals surface area (Å²) in [6, 6.07) is 10.9. The van der Waals surface area contributed by atoms with Crippen LogP contribution in [0.1, 0.15) is 55.6 Å². The molecule has 0 aliphatic heterocycles. The quantitative estimate of drug-likeness (QED) is 0.113. The first-order valence-corrected chi connectivity index (χ1v) is 15.4. The number of carbonyl (C=O) groups is 2. The molecule has 0 fully saturated rings. The van der Waals surface area contributed by atoms with Crippen molar-refractivity contribution in [3.8, 4) is 16.9 Å². The molecule has 0 bridgehead atoms. The third-order valence-electron chi connectivity index (χ3n) is 6.73. The number of alkyl carbamates (subject to hydrolysis) is 1. The van der Waals surface area contributed by atoms with Gasteiger partial charge in [0.2, 0.25) is 0 Å². The van der Waals surface area contributed by atoms with Gasteiger partial charge in [-0.3, -0.25) is 4.79 Å². The summed E-state index contributed by atoms with van der Waals surface area (Å²) in [5.41, 5.74) is -0.846. The molecule has 1 amide bonds. The number of Topliss-reactive ketones (excluding diaryl/α,β-unsaturated/α-hetero) is 1. The lowest BCUT2D eigenvalue weighted by atomic mass is 9.96. The van der Waals surface area contributed by atoms with Crippen molar-refractivity contribution in [1.29, 1.82) is 0 Å². The molecule has 0 heterocycles. The third kappa shape index (κ3) is 8.47. The number of hydrogen-bond donors (Lipinski definition) is 1. The molecule has 3 aromatic rings. The van der Waals surface area contributed by atoms with Crippen molar-refractivity contribution in [3.05, 3.63) is 89.5 Å². The van der Waals surface area contributed by atoms with Crippen LogP contribution in [0.2, 0.25) is 0 Å². The van der Waals surface area contributed by atoms with Gasteiger partial charge in [0.15, 0.2) is 5.78 Å². The number of ketones is 1. The summed E-state index contributed by atoms with van der Waals surface area (Å²) >= 11 is 0. The predicted molar refractivity (Wildman–Crippen MR) is 154 cm³/mol. The number of nitrogens with one attached hydrogen (secondary N) is 1. The zero-order chi connectivity index (χ0) is 38.1. The number of carbonyl (C=O) groups excluding carboxylic acids is 2. The summed E-state index contributed by atoms with van der Waals surface area (Å²) in [6.07, 6.45) is -8.73. The van der Waals surface area contributed by atoms with Gasteiger partial charge < -0.3 is 14.2 Å². The summed E-state index contributed by atoms with van der Waals surface area (Å²) in [4.78, 5) is 25.2. The minimum atomic E-state index is -7.46. The third-order valence-corrected chi connectivity index (χ3v) is 8.03. The first kappa shape index (κ1) is 40.0. The first-order valence-electron chi connectivity index (χ1n) is 14.0. The Morgan fingerprint density at radius 2 is 1.22 bits per heavy atom. The predicted octanol–water partition coefficient (Wildman–Crippen LogP) is 9.00. The van der Waals surface area contributed by atoms with Crippen LogP contribution in [0.3, 0.4) is 0 Å². The van der Waals surface area contributed by atoms with E-state index in [1.165, 1.54) is 24.3 Å². The van der Waals surface area contributed by atoms with Crippen LogP contribution in [0.15, 0.2) is 66.7 Å². The van der Waals surface area contributed by atoms with Crippen LogP contribution in [0.5, 0.6) is 5.75 Å². The number of alkyl halides is 9. The van der Waals surface area contributed by atoms with Crippen molar-refractivity contribution < 1.29 is 75.2 Å². The van der Waals surface area contributed by atoms with E-state index in [0.29, 0.717) is 23.3 Å². The molecular weight excluding hydrogens is 723 g/mol. The monoisotopic (exact) mass is 749 g/mol. The van der Waals surface area contributed by atoms with E-state index >= 15 is 0 Å². The molecule has 1 unspecified atom stereocenters. The van der Waals surface area contributed by atoms with Gasteiger partial charge >= 0.3 is 39.5 Å². The van der Waals surface area contributed by atoms with Crippen molar-refractivity contribution in [2.75, 3.05) is 0 Å². The van der Waals surface area contributed by atoms with Crippen LogP contribution in [0.25, 0.3) is 11.1 Å². The second-order valence-corrected chi connectivity index (χ2v) is 13.2. The molecule has 19 heteroatoms. The zero-order valence-electron chi connectivity index (χ0n) is 25.9. The number of ether oxygens (including phenoxy) is 1. The SMILES string of the molecule is CC(C)(C)OC(=O)NC(CCC(=O)c1c(F)cccc1F)c1ccc(-c2ccc(OS(=O)(=O)C(F)(F)C(F)(F)C(F)(F)C(F)(F)F)cc2)cc1. The molecule has 0 aliphatic carbocycles. The highest BCUT2D eigenvalue weighted by atomic mass is 32.2. The molecule has 0 saturated carbocycles. The second kappa shape index (κ2) is 14.1. The molecule has 3 aromatic carbocycles. The van der Waals surface area contributed by atoms with Crippen LogP contribution in [0.4, 0.5) is 53.1 Å². The Balaban J connectivity index is 1.83. The first-order chi connectivity index (χ1) is 22.7. The summed E-state index contributed by atoms with van der Waals surface area (Å²) in [5, 5.41) is -4.48. The van der Waals surface area contributed by atoms with Crippen LogP contribution < -0.4 is 9.50 Å². The maximum Gasteiger partial charge on any atom is 0.460 e. The Morgan fingerprint density at radius 1 is 0.740 bits per heavy atom. The fourth-order valence-electron chi connectivity index (χ4n) is 4.24. The molecule has 1 atom stereocenters. The van der Waals surface area contributed by atoms with E-state index < -0.39 is 86.3 Å². The topological polar surface area (TPSA) is 98.8 Å². The summed E-state index contributed by atoms with van der Waals surface area (Å²) in [7, 11) is -7.14. The number of rotatable bonds is 12. The molecule has 7 nitrogen and oxygen atoms in total. The molecular formula is C31H26F11NO6S. The van der Waals surface area contributed by atoms with Gasteiger partial charge in [-0.15, -0.1) is 0 Å². The minimum absolute atomic E-state index is 0.162. The summed E-state index contributed by atoms with van der Waals surface area (Å²) in [6.45, 7) is 4.75. The van der Waals surface area contributed by atoms with Crippen molar-refractivity contribution in [2.45, 2.75) is 68.5 Å². The molecule has 50 heavy (non-hydrogen) atoms.